The second kappa shape index (κ2) is 7.27. The molecular weight excluding hydrogens is 355 g/mol. The molecule has 2 rings (SSSR count). The molecule has 0 fully saturated rings. The van der Waals surface area contributed by atoms with E-state index in [1.165, 1.54) is 24.3 Å². The number of hydrogen-bond acceptors (Lipinski definition) is 2. The molecule has 1 aromatic heterocycles. The predicted molar refractivity (Wildman–Crippen MR) is 74.5 cm³/mol. The van der Waals surface area contributed by atoms with Crippen LogP contribution in [0.5, 0.6) is 0 Å². The molecule has 2 unspecified atom stereocenters. The zero-order chi connectivity index (χ0) is 15.0. The average Bonchev–Trinajstić information content (AvgIpc) is 2.90. The van der Waals surface area contributed by atoms with Crippen LogP contribution in [0, 0.1) is 0 Å². The molecule has 1 heterocycles. The third-order valence-electron chi connectivity index (χ3n) is 2.58. The fourth-order valence-electron chi connectivity index (χ4n) is 1.60. The van der Waals surface area contributed by atoms with E-state index in [1.807, 2.05) is 0 Å². The van der Waals surface area contributed by atoms with Crippen LogP contribution in [0.3, 0.4) is 0 Å². The Labute approximate surface area is 166 Å². The number of rotatable bonds is 4. The molecule has 0 aliphatic carbocycles. The second-order valence-corrected chi connectivity index (χ2v) is 6.35. The fourth-order valence-corrected chi connectivity index (χ4v) is 3.23. The first-order valence-corrected chi connectivity index (χ1v) is 7.46. The summed E-state index contributed by atoms with van der Waals surface area (Å²) in [6, 6.07) is 2.96. The van der Waals surface area contributed by atoms with Crippen LogP contribution in [-0.4, -0.2) is 71.5 Å². The monoisotopic (exact) mass is 363 g/mol. The number of hydrogen-bond donors (Lipinski definition) is 1. The Kier molecular flexibility index (Phi) is 6.71. The van der Waals surface area contributed by atoms with Crippen LogP contribution in [0.25, 0.3) is 0 Å². The maximum absolute atomic E-state index is 13.6. The summed E-state index contributed by atoms with van der Waals surface area (Å²) in [5.74, 6) is 0. The molecule has 0 saturated heterocycles. The molecule has 1 N–H and O–H groups in total. The molecule has 0 aliphatic rings. The molecule has 1 radical (unpaired) electrons. The van der Waals surface area contributed by atoms with Crippen molar-refractivity contribution in [3.05, 3.63) is 42.7 Å². The van der Waals surface area contributed by atoms with Crippen LogP contribution >= 0.6 is 19.0 Å². The second-order valence-electron chi connectivity index (χ2n) is 3.90. The van der Waals surface area contributed by atoms with Gasteiger partial charge in [0.1, 0.15) is 0 Å². The van der Waals surface area contributed by atoms with E-state index in [4.69, 9.17) is 11.6 Å². The van der Waals surface area contributed by atoms with Crippen molar-refractivity contribution in [1.82, 2.24) is 9.55 Å². The molecule has 10 heteroatoms. The van der Waals surface area contributed by atoms with Gasteiger partial charge in [0.15, 0.2) is 0 Å². The number of halogens is 4. The average molecular weight is 364 g/mol. The molecule has 0 saturated carbocycles. The summed E-state index contributed by atoms with van der Waals surface area (Å²) in [5.41, 5.74) is -3.89. The zero-order valence-corrected chi connectivity index (χ0v) is 15.6. The van der Waals surface area contributed by atoms with Gasteiger partial charge in [-0.05, 0) is 12.1 Å². The van der Waals surface area contributed by atoms with E-state index in [9.17, 15) is 22.6 Å². The van der Waals surface area contributed by atoms with E-state index in [2.05, 4.69) is 4.98 Å². The molecule has 0 aliphatic heterocycles. The molecule has 1 aromatic carbocycles. The quantitative estimate of drug-likeness (QED) is 0.512. The minimum atomic E-state index is -4.38. The van der Waals surface area contributed by atoms with Gasteiger partial charge in [0.25, 0.3) is 13.0 Å². The smallest absolute Gasteiger partial charge is 0.336 e. The van der Waals surface area contributed by atoms with Gasteiger partial charge < -0.3 is 4.89 Å². The first-order chi connectivity index (χ1) is 9.28. The zero-order valence-electron chi connectivity index (χ0n) is 10.8. The van der Waals surface area contributed by atoms with Crippen molar-refractivity contribution in [3.8, 4) is 0 Å². The minimum Gasteiger partial charge on any atom is -0.336 e. The van der Waals surface area contributed by atoms with Gasteiger partial charge in [-0.25, -0.2) is 9.37 Å². The van der Waals surface area contributed by atoms with Crippen molar-refractivity contribution in [2.75, 3.05) is 0 Å². The van der Waals surface area contributed by atoms with Crippen LogP contribution in [0.15, 0.2) is 42.7 Å². The van der Waals surface area contributed by atoms with E-state index >= 15 is 0 Å². The number of benzene rings is 1. The van der Waals surface area contributed by atoms with Gasteiger partial charge >= 0.3 is 6.05 Å². The number of aromatic nitrogens is 2. The van der Waals surface area contributed by atoms with E-state index < -0.39 is 24.6 Å². The standard InChI is InChI=1S/C11H9ClF3N2O2P.K/c12-9(13)11(14,15)17-7-6-16-10(17)20(18,19)8-4-2-1-3-5-8;/h1-7,9H,(H,18,19);. The normalized spacial score (nSPS) is 15.9. The third-order valence-corrected chi connectivity index (χ3v) is 4.72. The third kappa shape index (κ3) is 3.81. The summed E-state index contributed by atoms with van der Waals surface area (Å²) in [7, 11) is -4.38. The van der Waals surface area contributed by atoms with Gasteiger partial charge in [0, 0.05) is 69.1 Å². The Hall–Kier alpha value is 0.336. The fraction of sp³-hybridized carbons (Fsp3) is 0.182. The summed E-state index contributed by atoms with van der Waals surface area (Å²) in [4.78, 5) is 13.5. The van der Waals surface area contributed by atoms with Crippen molar-refractivity contribution in [2.45, 2.75) is 11.7 Å². The first kappa shape index (κ1) is 19.4. The molecule has 2 atom stereocenters. The summed E-state index contributed by atoms with van der Waals surface area (Å²) in [6.45, 7) is 0. The molecule has 2 aromatic rings. The predicted octanol–water partition coefficient (Wildman–Crippen LogP) is 1.81. The molecule has 21 heavy (non-hydrogen) atoms. The molecule has 4 nitrogen and oxygen atoms in total. The summed E-state index contributed by atoms with van der Waals surface area (Å²) in [6.07, 6.45) is 1.59. The molecular formula is C11H9ClF3KN2O2P. The van der Waals surface area contributed by atoms with Crippen molar-refractivity contribution < 1.29 is 22.6 Å². The number of imidazole rings is 1. The maximum atomic E-state index is 13.6. The van der Waals surface area contributed by atoms with E-state index in [1.54, 1.807) is 6.07 Å². The Balaban J connectivity index is 0.00000220. The Morgan fingerprint density at radius 2 is 1.90 bits per heavy atom. The largest absolute Gasteiger partial charge is 0.375 e. The van der Waals surface area contributed by atoms with Crippen LogP contribution in [0.1, 0.15) is 0 Å². The van der Waals surface area contributed by atoms with Gasteiger partial charge in [-0.15, -0.1) is 0 Å². The molecule has 109 valence electrons. The van der Waals surface area contributed by atoms with Crippen molar-refractivity contribution in [3.63, 3.8) is 0 Å². The van der Waals surface area contributed by atoms with Crippen LogP contribution in [-0.2, 0) is 10.6 Å². The van der Waals surface area contributed by atoms with Crippen molar-refractivity contribution >= 4 is 81.2 Å². The molecule has 0 bridgehead atoms. The van der Waals surface area contributed by atoms with Crippen molar-refractivity contribution in [2.24, 2.45) is 0 Å². The van der Waals surface area contributed by atoms with E-state index in [-0.39, 0.29) is 61.3 Å². The summed E-state index contributed by atoms with van der Waals surface area (Å²) < 4.78 is 52.3. The molecule has 0 spiro atoms. The van der Waals surface area contributed by atoms with E-state index in [0.717, 1.165) is 6.20 Å². The van der Waals surface area contributed by atoms with Crippen LogP contribution < -0.4 is 10.9 Å². The van der Waals surface area contributed by atoms with Crippen molar-refractivity contribution in [1.29, 1.82) is 0 Å². The Bertz CT molecular complexity index is 654. The topological polar surface area (TPSA) is 55.1 Å². The Morgan fingerprint density at radius 1 is 1.33 bits per heavy atom. The summed E-state index contributed by atoms with van der Waals surface area (Å²) >= 11 is 4.79. The number of nitrogens with zero attached hydrogens (tertiary/aromatic N) is 2. The summed E-state index contributed by atoms with van der Waals surface area (Å²) in [5, 5.41) is -0.0896. The first-order valence-electron chi connectivity index (χ1n) is 5.36. The SMILES string of the molecule is O=P(O)(c1ccccc1)c1nccn1C(F)(F)C(F)Cl.[K]. The van der Waals surface area contributed by atoms with Gasteiger partial charge in [0.05, 0.1) is 0 Å². The molecule has 0 amide bonds. The van der Waals surface area contributed by atoms with Crippen LogP contribution in [0.4, 0.5) is 13.2 Å². The van der Waals surface area contributed by atoms with Gasteiger partial charge in [0.2, 0.25) is 5.57 Å². The minimum absolute atomic E-state index is 0. The Morgan fingerprint density at radius 3 is 2.43 bits per heavy atom. The van der Waals surface area contributed by atoms with E-state index in [0.29, 0.717) is 6.20 Å². The van der Waals surface area contributed by atoms with Gasteiger partial charge in [-0.1, -0.05) is 29.8 Å². The van der Waals surface area contributed by atoms with Gasteiger partial charge in [-0.2, -0.15) is 8.78 Å². The maximum Gasteiger partial charge on any atom is 0.375 e. The number of alkyl halides is 4. The van der Waals surface area contributed by atoms with Crippen LogP contribution in [0.2, 0.25) is 0 Å². The van der Waals surface area contributed by atoms with Gasteiger partial charge in [-0.3, -0.25) is 9.13 Å².